The molecule has 4 nitrogen and oxygen atoms in total. The van der Waals surface area contributed by atoms with Crippen molar-refractivity contribution in [3.8, 4) is 5.75 Å². The number of benzene rings is 1. The molecule has 0 unspecified atom stereocenters. The monoisotopic (exact) mass is 299 g/mol. The molecule has 0 fully saturated rings. The topological polar surface area (TPSA) is 61.5 Å². The van der Waals surface area contributed by atoms with Crippen molar-refractivity contribution >= 4 is 18.4 Å². The molecule has 19 heavy (non-hydrogen) atoms. The van der Waals surface area contributed by atoms with E-state index in [-0.39, 0.29) is 24.6 Å². The van der Waals surface area contributed by atoms with Gasteiger partial charge in [-0.15, -0.1) is 25.6 Å². The number of hydrogen-bond acceptors (Lipinski definition) is 4. The summed E-state index contributed by atoms with van der Waals surface area (Å²) in [6, 6.07) is 4.43. The van der Waals surface area contributed by atoms with Gasteiger partial charge in [0, 0.05) is 6.04 Å². The molecule has 0 saturated carbocycles. The molecule has 0 heterocycles. The molecule has 0 aliphatic rings. The first kappa shape index (κ1) is 17.5. The van der Waals surface area contributed by atoms with E-state index in [9.17, 15) is 18.0 Å². The lowest BCUT2D eigenvalue weighted by atomic mass is 10.0. The van der Waals surface area contributed by atoms with Crippen LogP contribution in [-0.4, -0.2) is 19.4 Å². The molecular weight excluding hydrogens is 287 g/mol. The molecule has 1 rings (SSSR count). The third-order valence-corrected chi connectivity index (χ3v) is 2.13. The Morgan fingerprint density at radius 1 is 1.42 bits per heavy atom. The second-order valence-electron chi connectivity index (χ2n) is 3.51. The number of methoxy groups -OCH3 is 1. The minimum Gasteiger partial charge on any atom is -0.469 e. The van der Waals surface area contributed by atoms with Gasteiger partial charge in [0.1, 0.15) is 5.75 Å². The Labute approximate surface area is 114 Å². The minimum absolute atomic E-state index is 0. The summed E-state index contributed by atoms with van der Waals surface area (Å²) in [4.78, 5) is 11.0. The molecule has 8 heteroatoms. The summed E-state index contributed by atoms with van der Waals surface area (Å²) in [5, 5.41) is 0. The van der Waals surface area contributed by atoms with Gasteiger partial charge >= 0.3 is 12.3 Å². The van der Waals surface area contributed by atoms with E-state index in [0.717, 1.165) is 12.1 Å². The molecule has 0 aliphatic heterocycles. The average molecular weight is 300 g/mol. The summed E-state index contributed by atoms with van der Waals surface area (Å²) in [5.74, 6) is -0.912. The van der Waals surface area contributed by atoms with Crippen LogP contribution < -0.4 is 10.5 Å². The first-order valence-electron chi connectivity index (χ1n) is 5.00. The van der Waals surface area contributed by atoms with Crippen molar-refractivity contribution in [2.45, 2.75) is 18.8 Å². The lowest BCUT2D eigenvalue weighted by Crippen LogP contribution is -2.19. The summed E-state index contributed by atoms with van der Waals surface area (Å²) in [5.41, 5.74) is 6.03. The number of esters is 1. The Balaban J connectivity index is 0.00000324. The van der Waals surface area contributed by atoms with E-state index in [1.54, 1.807) is 0 Å². The predicted molar refractivity (Wildman–Crippen MR) is 63.9 cm³/mol. The average Bonchev–Trinajstić information content (AvgIpc) is 2.26. The van der Waals surface area contributed by atoms with Crippen LogP contribution in [0.1, 0.15) is 18.0 Å². The van der Waals surface area contributed by atoms with Crippen LogP contribution >= 0.6 is 12.4 Å². The standard InChI is InChI=1S/C11H12F3NO3.ClH/c1-17-10(16)6-9(15)7-3-2-4-8(5-7)18-11(12,13)14;/h2-5,9H,6,15H2,1H3;1H/t9-;/m0./s1. The van der Waals surface area contributed by atoms with E-state index in [4.69, 9.17) is 5.73 Å². The Morgan fingerprint density at radius 3 is 2.58 bits per heavy atom. The number of halogens is 4. The van der Waals surface area contributed by atoms with Gasteiger partial charge in [-0.3, -0.25) is 4.79 Å². The van der Waals surface area contributed by atoms with Crippen LogP contribution in [0.15, 0.2) is 24.3 Å². The number of carbonyl (C=O) groups excluding carboxylic acids is 1. The SMILES string of the molecule is COC(=O)C[C@H](N)c1cccc(OC(F)(F)F)c1.Cl. The quantitative estimate of drug-likeness (QED) is 0.868. The smallest absolute Gasteiger partial charge is 0.469 e. The van der Waals surface area contributed by atoms with Crippen molar-refractivity contribution in [1.29, 1.82) is 0 Å². The van der Waals surface area contributed by atoms with E-state index in [1.807, 2.05) is 0 Å². The maximum absolute atomic E-state index is 12.0. The van der Waals surface area contributed by atoms with E-state index >= 15 is 0 Å². The van der Waals surface area contributed by atoms with Crippen molar-refractivity contribution in [3.05, 3.63) is 29.8 Å². The highest BCUT2D eigenvalue weighted by Gasteiger charge is 2.31. The summed E-state index contributed by atoms with van der Waals surface area (Å²) in [6.45, 7) is 0. The highest BCUT2D eigenvalue weighted by atomic mass is 35.5. The first-order valence-corrected chi connectivity index (χ1v) is 5.00. The molecular formula is C11H13ClF3NO3. The Kier molecular flexibility index (Phi) is 6.64. The van der Waals surface area contributed by atoms with Crippen LogP contribution in [-0.2, 0) is 9.53 Å². The number of ether oxygens (including phenoxy) is 2. The van der Waals surface area contributed by atoms with Crippen LogP contribution in [0.25, 0.3) is 0 Å². The summed E-state index contributed by atoms with van der Waals surface area (Å²) in [6.07, 6.45) is -4.88. The third-order valence-electron chi connectivity index (χ3n) is 2.13. The highest BCUT2D eigenvalue weighted by Crippen LogP contribution is 2.25. The molecule has 0 radical (unpaired) electrons. The highest BCUT2D eigenvalue weighted by molar-refractivity contribution is 5.85. The fourth-order valence-electron chi connectivity index (χ4n) is 1.32. The molecule has 1 atom stereocenters. The fourth-order valence-corrected chi connectivity index (χ4v) is 1.32. The zero-order valence-electron chi connectivity index (χ0n) is 9.94. The van der Waals surface area contributed by atoms with Gasteiger partial charge in [0.2, 0.25) is 0 Å². The number of nitrogens with two attached hydrogens (primary N) is 1. The summed E-state index contributed by atoms with van der Waals surface area (Å²) >= 11 is 0. The van der Waals surface area contributed by atoms with E-state index in [1.165, 1.54) is 19.2 Å². The van der Waals surface area contributed by atoms with Gasteiger partial charge < -0.3 is 15.2 Å². The fraction of sp³-hybridized carbons (Fsp3) is 0.364. The first-order chi connectivity index (χ1) is 8.31. The Morgan fingerprint density at radius 2 is 2.05 bits per heavy atom. The van der Waals surface area contributed by atoms with Crippen molar-refractivity contribution < 1.29 is 27.4 Å². The van der Waals surface area contributed by atoms with Gasteiger partial charge in [0.05, 0.1) is 13.5 Å². The van der Waals surface area contributed by atoms with Crippen LogP contribution in [0.5, 0.6) is 5.75 Å². The van der Waals surface area contributed by atoms with E-state index < -0.39 is 18.4 Å². The molecule has 2 N–H and O–H groups in total. The maximum Gasteiger partial charge on any atom is 0.573 e. The van der Waals surface area contributed by atoms with E-state index in [0.29, 0.717) is 5.56 Å². The van der Waals surface area contributed by atoms with E-state index in [2.05, 4.69) is 9.47 Å². The number of rotatable bonds is 4. The van der Waals surface area contributed by atoms with Gasteiger partial charge in [-0.25, -0.2) is 0 Å². The molecule has 1 aromatic rings. The minimum atomic E-state index is -4.76. The van der Waals surface area contributed by atoms with Crippen molar-refractivity contribution in [2.24, 2.45) is 5.73 Å². The van der Waals surface area contributed by atoms with Gasteiger partial charge in [0.25, 0.3) is 0 Å². The summed E-state index contributed by atoms with van der Waals surface area (Å²) in [7, 11) is 1.21. The van der Waals surface area contributed by atoms with Crippen LogP contribution in [0.4, 0.5) is 13.2 Å². The maximum atomic E-state index is 12.0. The Bertz CT molecular complexity index is 426. The normalized spacial score (nSPS) is 12.3. The van der Waals surface area contributed by atoms with Crippen molar-refractivity contribution in [3.63, 3.8) is 0 Å². The van der Waals surface area contributed by atoms with Crippen molar-refractivity contribution in [2.75, 3.05) is 7.11 Å². The second-order valence-corrected chi connectivity index (χ2v) is 3.51. The van der Waals surface area contributed by atoms with Gasteiger partial charge in [-0.1, -0.05) is 12.1 Å². The lowest BCUT2D eigenvalue weighted by Gasteiger charge is -2.13. The molecule has 0 spiro atoms. The van der Waals surface area contributed by atoms with Crippen molar-refractivity contribution in [1.82, 2.24) is 0 Å². The van der Waals surface area contributed by atoms with Gasteiger partial charge in [0.15, 0.2) is 0 Å². The number of alkyl halides is 3. The largest absolute Gasteiger partial charge is 0.573 e. The Hall–Kier alpha value is -1.47. The van der Waals surface area contributed by atoms with Gasteiger partial charge in [-0.2, -0.15) is 0 Å². The number of carbonyl (C=O) groups is 1. The molecule has 0 aliphatic carbocycles. The van der Waals surface area contributed by atoms with Crippen LogP contribution in [0, 0.1) is 0 Å². The van der Waals surface area contributed by atoms with Gasteiger partial charge in [-0.05, 0) is 17.7 Å². The zero-order valence-corrected chi connectivity index (χ0v) is 10.8. The number of hydrogen-bond donors (Lipinski definition) is 1. The molecule has 0 aromatic heterocycles. The molecule has 0 saturated heterocycles. The lowest BCUT2D eigenvalue weighted by molar-refractivity contribution is -0.274. The third kappa shape index (κ3) is 6.30. The molecule has 1 aromatic carbocycles. The van der Waals surface area contributed by atoms with Crippen LogP contribution in [0.3, 0.4) is 0 Å². The summed E-state index contributed by atoms with van der Waals surface area (Å²) < 4.78 is 44.2. The second kappa shape index (κ2) is 7.20. The predicted octanol–water partition coefficient (Wildman–Crippen LogP) is 2.57. The van der Waals surface area contributed by atoms with Crippen LogP contribution in [0.2, 0.25) is 0 Å². The molecule has 0 amide bonds. The molecule has 0 bridgehead atoms. The molecule has 108 valence electrons. The zero-order chi connectivity index (χ0) is 13.8.